The molecule has 4 atom stereocenters. The lowest BCUT2D eigenvalue weighted by atomic mass is 9.85. The Morgan fingerprint density at radius 1 is 1.26 bits per heavy atom. The zero-order valence-corrected chi connectivity index (χ0v) is 15.4. The summed E-state index contributed by atoms with van der Waals surface area (Å²) < 4.78 is 5.52. The predicted molar refractivity (Wildman–Crippen MR) is 97.6 cm³/mol. The van der Waals surface area contributed by atoms with Crippen LogP contribution in [0.5, 0.6) is 0 Å². The van der Waals surface area contributed by atoms with Gasteiger partial charge in [-0.3, -0.25) is 19.3 Å². The normalized spacial score (nSPS) is 28.3. The summed E-state index contributed by atoms with van der Waals surface area (Å²) in [7, 11) is 0. The molecule has 7 nitrogen and oxygen atoms in total. The lowest BCUT2D eigenvalue weighted by Gasteiger charge is -2.16. The van der Waals surface area contributed by atoms with E-state index in [9.17, 15) is 14.4 Å². The zero-order chi connectivity index (χ0) is 18.7. The molecular formula is C19H17N3O4S. The fraction of sp³-hybridized carbons (Fsp3) is 0.368. The molecule has 1 saturated heterocycles. The summed E-state index contributed by atoms with van der Waals surface area (Å²) in [5.74, 6) is 0.265. The zero-order valence-electron chi connectivity index (χ0n) is 14.5. The van der Waals surface area contributed by atoms with Crippen molar-refractivity contribution in [3.8, 4) is 11.5 Å². The molecule has 1 aliphatic heterocycles. The second-order valence-electron chi connectivity index (χ2n) is 7.26. The first kappa shape index (κ1) is 16.4. The van der Waals surface area contributed by atoms with Gasteiger partial charge in [0.25, 0.3) is 0 Å². The number of aryl methyl sites for hydroxylation is 1. The van der Waals surface area contributed by atoms with Gasteiger partial charge in [0.05, 0.1) is 11.8 Å². The average molecular weight is 383 g/mol. The van der Waals surface area contributed by atoms with E-state index in [0.29, 0.717) is 16.6 Å². The van der Waals surface area contributed by atoms with Crippen molar-refractivity contribution in [3.05, 3.63) is 35.4 Å². The monoisotopic (exact) mass is 383 g/mol. The van der Waals surface area contributed by atoms with Gasteiger partial charge in [-0.2, -0.15) is 0 Å². The number of imide groups is 1. The molecule has 138 valence electrons. The van der Waals surface area contributed by atoms with Crippen molar-refractivity contribution in [2.24, 2.45) is 23.7 Å². The maximum Gasteiger partial charge on any atom is 0.246 e. The number of nitrogens with zero attached hydrogens (tertiary/aromatic N) is 2. The van der Waals surface area contributed by atoms with E-state index >= 15 is 0 Å². The number of thiazole rings is 1. The van der Waals surface area contributed by atoms with E-state index in [1.54, 1.807) is 5.38 Å². The smallest absolute Gasteiger partial charge is 0.246 e. The third-order valence-corrected chi connectivity index (χ3v) is 6.36. The van der Waals surface area contributed by atoms with Crippen LogP contribution in [0, 0.1) is 30.6 Å². The van der Waals surface area contributed by atoms with Crippen LogP contribution in [-0.4, -0.2) is 34.2 Å². The number of likely N-dealkylation sites (tertiary alicyclic amines) is 1. The number of anilines is 1. The summed E-state index contributed by atoms with van der Waals surface area (Å²) in [6, 6.07) is 3.66. The third-order valence-electron chi connectivity index (χ3n) is 5.61. The number of furan rings is 1. The van der Waals surface area contributed by atoms with E-state index in [2.05, 4.69) is 10.3 Å². The molecule has 2 aliphatic carbocycles. The van der Waals surface area contributed by atoms with Gasteiger partial charge in [-0.25, -0.2) is 4.98 Å². The molecule has 2 bridgehead atoms. The number of hydrogen-bond donors (Lipinski definition) is 1. The highest BCUT2D eigenvalue weighted by molar-refractivity contribution is 7.14. The minimum absolute atomic E-state index is 0.141. The lowest BCUT2D eigenvalue weighted by molar-refractivity contribution is -0.143. The highest BCUT2D eigenvalue weighted by Gasteiger charge is 2.59. The Labute approximate surface area is 159 Å². The van der Waals surface area contributed by atoms with Gasteiger partial charge in [-0.1, -0.05) is 12.2 Å². The molecule has 3 aliphatic rings. The maximum absolute atomic E-state index is 12.6. The van der Waals surface area contributed by atoms with Gasteiger partial charge >= 0.3 is 0 Å². The maximum atomic E-state index is 12.6. The molecule has 3 heterocycles. The Kier molecular flexibility index (Phi) is 3.58. The van der Waals surface area contributed by atoms with Crippen LogP contribution in [0.25, 0.3) is 11.5 Å². The molecular weight excluding hydrogens is 366 g/mol. The van der Waals surface area contributed by atoms with Crippen molar-refractivity contribution >= 4 is 34.2 Å². The van der Waals surface area contributed by atoms with Gasteiger partial charge in [-0.05, 0) is 37.3 Å². The number of rotatable bonds is 4. The Morgan fingerprint density at radius 3 is 2.59 bits per heavy atom. The number of allylic oxidation sites excluding steroid dienone is 2. The van der Waals surface area contributed by atoms with Gasteiger partial charge in [0, 0.05) is 5.38 Å². The van der Waals surface area contributed by atoms with E-state index in [1.165, 1.54) is 11.3 Å². The van der Waals surface area contributed by atoms with Gasteiger partial charge in [0.2, 0.25) is 17.7 Å². The Bertz CT molecular complexity index is 961. The second-order valence-corrected chi connectivity index (χ2v) is 8.12. The number of aromatic nitrogens is 1. The van der Waals surface area contributed by atoms with Crippen molar-refractivity contribution in [1.82, 2.24) is 9.88 Å². The summed E-state index contributed by atoms with van der Waals surface area (Å²) in [6.07, 6.45) is 4.95. The van der Waals surface area contributed by atoms with Gasteiger partial charge in [-0.15, -0.1) is 11.3 Å². The SMILES string of the molecule is Cc1ccc(-c2csc(NC(=O)CN3C(=O)[C@@H]4[C@@H](C3=O)[C@H]3C=C[C@@H]4C3)n2)o1. The molecule has 1 saturated carbocycles. The number of hydrogen-bond acceptors (Lipinski definition) is 6. The Balaban J connectivity index is 1.26. The van der Waals surface area contributed by atoms with E-state index in [-0.39, 0.29) is 42.0 Å². The summed E-state index contributed by atoms with van der Waals surface area (Å²) >= 11 is 1.27. The van der Waals surface area contributed by atoms with Crippen molar-refractivity contribution < 1.29 is 18.8 Å². The fourth-order valence-corrected chi connectivity index (χ4v) is 5.15. The molecule has 1 N–H and O–H groups in total. The van der Waals surface area contributed by atoms with Crippen molar-refractivity contribution in [2.45, 2.75) is 13.3 Å². The average Bonchev–Trinajstić information content (AvgIpc) is 3.42. The number of carbonyl (C=O) groups excluding carboxylic acids is 3. The fourth-order valence-electron chi connectivity index (χ4n) is 4.44. The van der Waals surface area contributed by atoms with E-state index in [1.807, 2.05) is 31.2 Å². The summed E-state index contributed by atoms with van der Waals surface area (Å²) in [5, 5.41) is 4.87. The highest BCUT2D eigenvalue weighted by Crippen LogP contribution is 2.52. The molecule has 0 unspecified atom stereocenters. The number of fused-ring (bicyclic) bond motifs is 5. The standard InChI is InChI=1S/C19H17N3O4S/c1-9-2-5-13(26-9)12-8-27-19(20-12)21-14(23)7-22-17(24)15-10-3-4-11(6-10)16(15)18(22)25/h2-5,8,10-11,15-16H,6-7H2,1H3,(H,20,21,23)/t10-,11+,15-,16-/m0/s1. The largest absolute Gasteiger partial charge is 0.460 e. The summed E-state index contributed by atoms with van der Waals surface area (Å²) in [6.45, 7) is 1.58. The molecule has 0 radical (unpaired) electrons. The van der Waals surface area contributed by atoms with Gasteiger partial charge < -0.3 is 9.73 Å². The highest BCUT2D eigenvalue weighted by atomic mass is 32.1. The van der Waals surface area contributed by atoms with Crippen LogP contribution < -0.4 is 5.32 Å². The van der Waals surface area contributed by atoms with Gasteiger partial charge in [0.1, 0.15) is 18.0 Å². The molecule has 8 heteroatoms. The number of carbonyl (C=O) groups is 3. The minimum Gasteiger partial charge on any atom is -0.460 e. The molecule has 2 fully saturated rings. The molecule has 3 amide bonds. The van der Waals surface area contributed by atoms with Crippen LogP contribution >= 0.6 is 11.3 Å². The van der Waals surface area contributed by atoms with Gasteiger partial charge in [0.15, 0.2) is 10.9 Å². The van der Waals surface area contributed by atoms with E-state index < -0.39 is 5.91 Å². The van der Waals surface area contributed by atoms with Crippen LogP contribution in [0.15, 0.2) is 34.1 Å². The first-order valence-corrected chi connectivity index (χ1v) is 9.75. The van der Waals surface area contributed by atoms with Crippen LogP contribution in [0.1, 0.15) is 12.2 Å². The molecule has 0 spiro atoms. The molecule has 0 aromatic carbocycles. The summed E-state index contributed by atoms with van der Waals surface area (Å²) in [5.41, 5.74) is 0.633. The second kappa shape index (κ2) is 5.88. The van der Waals surface area contributed by atoms with Crippen molar-refractivity contribution in [3.63, 3.8) is 0 Å². The first-order valence-electron chi connectivity index (χ1n) is 8.87. The third kappa shape index (κ3) is 2.55. The van der Waals surface area contributed by atoms with Crippen LogP contribution in [0.4, 0.5) is 5.13 Å². The number of amides is 3. The van der Waals surface area contributed by atoms with Crippen molar-refractivity contribution in [2.75, 3.05) is 11.9 Å². The molecule has 2 aromatic heterocycles. The first-order chi connectivity index (χ1) is 13.0. The van der Waals surface area contributed by atoms with E-state index in [4.69, 9.17) is 4.42 Å². The minimum atomic E-state index is -0.423. The van der Waals surface area contributed by atoms with Crippen molar-refractivity contribution in [1.29, 1.82) is 0 Å². The summed E-state index contributed by atoms with van der Waals surface area (Å²) in [4.78, 5) is 43.1. The Hall–Kier alpha value is -2.74. The van der Waals surface area contributed by atoms with Crippen LogP contribution in [-0.2, 0) is 14.4 Å². The van der Waals surface area contributed by atoms with Crippen LogP contribution in [0.3, 0.4) is 0 Å². The number of nitrogens with one attached hydrogen (secondary N) is 1. The molecule has 5 rings (SSSR count). The molecule has 2 aromatic rings. The van der Waals surface area contributed by atoms with Crippen LogP contribution in [0.2, 0.25) is 0 Å². The topological polar surface area (TPSA) is 92.5 Å². The molecule has 27 heavy (non-hydrogen) atoms. The van der Waals surface area contributed by atoms with E-state index in [0.717, 1.165) is 17.1 Å². The Morgan fingerprint density at radius 2 is 1.96 bits per heavy atom. The lowest BCUT2D eigenvalue weighted by Crippen LogP contribution is -2.39. The quantitative estimate of drug-likeness (QED) is 0.647. The predicted octanol–water partition coefficient (Wildman–Crippen LogP) is 2.46.